The predicted molar refractivity (Wildman–Crippen MR) is 65.3 cm³/mol. The van der Waals surface area contributed by atoms with E-state index >= 15 is 0 Å². The maximum atomic E-state index is 5.50. The minimum atomic E-state index is 0.439. The molecule has 0 radical (unpaired) electrons. The lowest BCUT2D eigenvalue weighted by Crippen LogP contribution is -2.38. The average molecular weight is 206 g/mol. The summed E-state index contributed by atoms with van der Waals surface area (Å²) >= 11 is 0. The Labute approximate surface area is 92.8 Å². The summed E-state index contributed by atoms with van der Waals surface area (Å²) in [7, 11) is 0. The van der Waals surface area contributed by atoms with Crippen LogP contribution in [0.5, 0.6) is 0 Å². The summed E-state index contributed by atoms with van der Waals surface area (Å²) in [5, 5.41) is 0. The van der Waals surface area contributed by atoms with E-state index in [-0.39, 0.29) is 0 Å². The largest absolute Gasteiger partial charge is 0.271 e. The molecule has 1 unspecified atom stereocenters. The van der Waals surface area contributed by atoms with Gasteiger partial charge in [0.15, 0.2) is 0 Å². The fraction of sp³-hybridized carbons (Fsp3) is 0.538. The van der Waals surface area contributed by atoms with Gasteiger partial charge in [-0.3, -0.25) is 11.3 Å². The van der Waals surface area contributed by atoms with Crippen LogP contribution in [-0.2, 0) is 6.42 Å². The Hall–Kier alpha value is -0.860. The van der Waals surface area contributed by atoms with Crippen molar-refractivity contribution in [2.45, 2.75) is 39.2 Å². The van der Waals surface area contributed by atoms with E-state index < -0.39 is 0 Å². The number of aryl methyl sites for hydroxylation is 1. The zero-order valence-electron chi connectivity index (χ0n) is 9.74. The topological polar surface area (TPSA) is 38.0 Å². The van der Waals surface area contributed by atoms with Gasteiger partial charge in [0.1, 0.15) is 0 Å². The van der Waals surface area contributed by atoms with Crippen molar-refractivity contribution in [1.82, 2.24) is 5.43 Å². The van der Waals surface area contributed by atoms with Crippen molar-refractivity contribution < 1.29 is 0 Å². The number of rotatable bonds is 6. The molecule has 84 valence electrons. The molecule has 15 heavy (non-hydrogen) atoms. The van der Waals surface area contributed by atoms with Crippen molar-refractivity contribution >= 4 is 0 Å². The molecule has 0 aromatic heterocycles. The van der Waals surface area contributed by atoms with Crippen molar-refractivity contribution in [3.63, 3.8) is 0 Å². The van der Waals surface area contributed by atoms with Crippen LogP contribution in [0.3, 0.4) is 0 Å². The van der Waals surface area contributed by atoms with E-state index in [2.05, 4.69) is 49.6 Å². The highest BCUT2D eigenvalue weighted by Gasteiger charge is 2.10. The molecule has 0 aliphatic heterocycles. The number of nitrogens with one attached hydrogen (secondary N) is 1. The first-order valence-electron chi connectivity index (χ1n) is 5.74. The van der Waals surface area contributed by atoms with Gasteiger partial charge in [0.2, 0.25) is 0 Å². The zero-order chi connectivity index (χ0) is 11.1. The number of hydrogen-bond acceptors (Lipinski definition) is 2. The number of nitrogens with two attached hydrogens (primary N) is 1. The number of hydrogen-bond donors (Lipinski definition) is 2. The highest BCUT2D eigenvalue weighted by molar-refractivity contribution is 5.14. The SMILES string of the molecule is CC(C)C(CCCc1ccccc1)NN. The van der Waals surface area contributed by atoms with E-state index in [1.54, 1.807) is 0 Å². The van der Waals surface area contributed by atoms with Crippen LogP contribution in [0.4, 0.5) is 0 Å². The molecule has 3 N–H and O–H groups in total. The van der Waals surface area contributed by atoms with Crippen LogP contribution >= 0.6 is 0 Å². The van der Waals surface area contributed by atoms with Crippen LogP contribution in [-0.4, -0.2) is 6.04 Å². The molecule has 1 aromatic carbocycles. The van der Waals surface area contributed by atoms with Crippen LogP contribution in [0.1, 0.15) is 32.3 Å². The second-order valence-electron chi connectivity index (χ2n) is 4.40. The summed E-state index contributed by atoms with van der Waals surface area (Å²) in [4.78, 5) is 0. The third-order valence-corrected chi connectivity index (χ3v) is 2.84. The number of hydrazine groups is 1. The van der Waals surface area contributed by atoms with Gasteiger partial charge < -0.3 is 0 Å². The van der Waals surface area contributed by atoms with Gasteiger partial charge in [-0.2, -0.15) is 0 Å². The van der Waals surface area contributed by atoms with Gasteiger partial charge in [-0.1, -0.05) is 44.2 Å². The Bertz CT molecular complexity index is 256. The second-order valence-corrected chi connectivity index (χ2v) is 4.40. The van der Waals surface area contributed by atoms with Crippen molar-refractivity contribution in [1.29, 1.82) is 0 Å². The predicted octanol–water partition coefficient (Wildman–Crippen LogP) is 2.50. The van der Waals surface area contributed by atoms with Crippen LogP contribution in [0.15, 0.2) is 30.3 Å². The summed E-state index contributed by atoms with van der Waals surface area (Å²) in [6.07, 6.45) is 3.48. The molecular weight excluding hydrogens is 184 g/mol. The van der Waals surface area contributed by atoms with Gasteiger partial charge in [-0.15, -0.1) is 0 Å². The smallest absolute Gasteiger partial charge is 0.0233 e. The van der Waals surface area contributed by atoms with Gasteiger partial charge in [0, 0.05) is 6.04 Å². The Morgan fingerprint density at radius 1 is 1.20 bits per heavy atom. The molecule has 1 aromatic rings. The molecule has 0 fully saturated rings. The second kappa shape index (κ2) is 6.59. The van der Waals surface area contributed by atoms with E-state index in [0.717, 1.165) is 12.8 Å². The molecule has 0 amide bonds. The van der Waals surface area contributed by atoms with E-state index in [9.17, 15) is 0 Å². The number of benzene rings is 1. The molecular formula is C13H22N2. The Morgan fingerprint density at radius 2 is 1.87 bits per heavy atom. The summed E-state index contributed by atoms with van der Waals surface area (Å²) in [5.41, 5.74) is 4.30. The van der Waals surface area contributed by atoms with Crippen LogP contribution in [0.2, 0.25) is 0 Å². The van der Waals surface area contributed by atoms with Gasteiger partial charge in [0.05, 0.1) is 0 Å². The van der Waals surface area contributed by atoms with Gasteiger partial charge >= 0.3 is 0 Å². The normalized spacial score (nSPS) is 13.1. The van der Waals surface area contributed by atoms with Crippen LogP contribution in [0.25, 0.3) is 0 Å². The van der Waals surface area contributed by atoms with E-state index in [1.807, 2.05) is 0 Å². The molecule has 0 spiro atoms. The molecule has 0 saturated carbocycles. The first-order valence-corrected chi connectivity index (χ1v) is 5.74. The third-order valence-electron chi connectivity index (χ3n) is 2.84. The molecule has 1 atom stereocenters. The molecule has 0 bridgehead atoms. The van der Waals surface area contributed by atoms with Crippen LogP contribution in [0, 0.1) is 5.92 Å². The van der Waals surface area contributed by atoms with Crippen molar-refractivity contribution in [2.24, 2.45) is 11.8 Å². The lowest BCUT2D eigenvalue weighted by Gasteiger charge is -2.19. The highest BCUT2D eigenvalue weighted by atomic mass is 15.2. The standard InChI is InChI=1S/C13H22N2/c1-11(2)13(15-14)10-6-9-12-7-4-3-5-8-12/h3-5,7-8,11,13,15H,6,9-10,14H2,1-2H3. The maximum absolute atomic E-state index is 5.50. The summed E-state index contributed by atoms with van der Waals surface area (Å²) in [6, 6.07) is 11.0. The Morgan fingerprint density at radius 3 is 2.40 bits per heavy atom. The molecule has 0 aliphatic rings. The Balaban J connectivity index is 2.27. The van der Waals surface area contributed by atoms with E-state index in [1.165, 1.54) is 12.0 Å². The minimum absolute atomic E-state index is 0.439. The minimum Gasteiger partial charge on any atom is -0.271 e. The van der Waals surface area contributed by atoms with Gasteiger partial charge in [-0.25, -0.2) is 0 Å². The van der Waals surface area contributed by atoms with E-state index in [4.69, 9.17) is 5.84 Å². The fourth-order valence-electron chi connectivity index (χ4n) is 1.78. The lowest BCUT2D eigenvalue weighted by atomic mass is 9.97. The first kappa shape index (κ1) is 12.2. The Kier molecular flexibility index (Phi) is 5.37. The summed E-state index contributed by atoms with van der Waals surface area (Å²) in [5.74, 6) is 6.11. The monoisotopic (exact) mass is 206 g/mol. The fourth-order valence-corrected chi connectivity index (χ4v) is 1.78. The zero-order valence-corrected chi connectivity index (χ0v) is 9.74. The molecule has 1 rings (SSSR count). The molecule has 0 heterocycles. The van der Waals surface area contributed by atoms with Gasteiger partial charge in [0.25, 0.3) is 0 Å². The van der Waals surface area contributed by atoms with Gasteiger partial charge in [-0.05, 0) is 30.7 Å². The molecule has 2 heteroatoms. The molecule has 2 nitrogen and oxygen atoms in total. The quantitative estimate of drug-likeness (QED) is 0.554. The summed E-state index contributed by atoms with van der Waals surface area (Å²) < 4.78 is 0. The average Bonchev–Trinajstić information content (AvgIpc) is 2.25. The maximum Gasteiger partial charge on any atom is 0.0233 e. The molecule has 0 saturated heterocycles. The summed E-state index contributed by atoms with van der Waals surface area (Å²) in [6.45, 7) is 4.40. The lowest BCUT2D eigenvalue weighted by molar-refractivity contribution is 0.376. The van der Waals surface area contributed by atoms with Crippen molar-refractivity contribution in [3.8, 4) is 0 Å². The molecule has 0 aliphatic carbocycles. The highest BCUT2D eigenvalue weighted by Crippen LogP contribution is 2.11. The first-order chi connectivity index (χ1) is 7.24. The van der Waals surface area contributed by atoms with Crippen molar-refractivity contribution in [3.05, 3.63) is 35.9 Å². The van der Waals surface area contributed by atoms with Crippen LogP contribution < -0.4 is 11.3 Å². The van der Waals surface area contributed by atoms with Crippen molar-refractivity contribution in [2.75, 3.05) is 0 Å². The van der Waals surface area contributed by atoms with E-state index in [0.29, 0.717) is 12.0 Å². The third kappa shape index (κ3) is 4.45.